The van der Waals surface area contributed by atoms with Gasteiger partial charge in [0.05, 0.1) is 18.7 Å². The lowest BCUT2D eigenvalue weighted by atomic mass is 10.1. The van der Waals surface area contributed by atoms with Crippen LogP contribution in [0.2, 0.25) is 0 Å². The van der Waals surface area contributed by atoms with Gasteiger partial charge in [-0.05, 0) is 48.9 Å². The van der Waals surface area contributed by atoms with Gasteiger partial charge in [-0.1, -0.05) is 18.2 Å². The van der Waals surface area contributed by atoms with E-state index in [1.807, 2.05) is 6.07 Å². The Balaban J connectivity index is 2.04. The number of ether oxygens (including phenoxy) is 2. The molecule has 0 saturated carbocycles. The molecule has 0 aromatic heterocycles. The predicted octanol–water partition coefficient (Wildman–Crippen LogP) is 3.04. The van der Waals surface area contributed by atoms with Gasteiger partial charge in [-0.2, -0.15) is 10.5 Å². The number of rotatable bonds is 6. The summed E-state index contributed by atoms with van der Waals surface area (Å²) < 4.78 is 10.1. The van der Waals surface area contributed by atoms with Crippen molar-refractivity contribution in [2.24, 2.45) is 0 Å². The molecule has 0 radical (unpaired) electrons. The van der Waals surface area contributed by atoms with Crippen LogP contribution in [0.15, 0.2) is 54.1 Å². The molecule has 7 nitrogen and oxygen atoms in total. The van der Waals surface area contributed by atoms with Crippen LogP contribution in [0.5, 0.6) is 5.75 Å². The monoisotopic (exact) mass is 375 g/mol. The van der Waals surface area contributed by atoms with Crippen LogP contribution in [-0.4, -0.2) is 25.1 Å². The Hall–Kier alpha value is -4.10. The minimum absolute atomic E-state index is 0.240. The molecule has 0 unspecified atom stereocenters. The van der Waals surface area contributed by atoms with Crippen LogP contribution < -0.4 is 10.1 Å². The highest BCUT2D eigenvalue weighted by atomic mass is 16.5. The van der Waals surface area contributed by atoms with Gasteiger partial charge in [0.15, 0.2) is 6.10 Å². The highest BCUT2D eigenvalue weighted by Gasteiger charge is 2.20. The molecule has 0 aliphatic heterocycles. The Morgan fingerprint density at radius 3 is 2.46 bits per heavy atom. The lowest BCUT2D eigenvalue weighted by Crippen LogP contribution is -2.30. The number of hydrogen-bond donors (Lipinski definition) is 1. The molecule has 1 atom stereocenters. The van der Waals surface area contributed by atoms with E-state index in [9.17, 15) is 14.9 Å². The van der Waals surface area contributed by atoms with Crippen molar-refractivity contribution in [1.82, 2.24) is 0 Å². The fraction of sp³-hybridized carbons (Fsp3) is 0.143. The molecule has 0 bridgehead atoms. The first-order chi connectivity index (χ1) is 13.5. The fourth-order valence-electron chi connectivity index (χ4n) is 2.19. The Labute approximate surface area is 162 Å². The molecule has 0 heterocycles. The third-order valence-electron chi connectivity index (χ3n) is 3.68. The highest BCUT2D eigenvalue weighted by Crippen LogP contribution is 2.15. The molecule has 0 saturated heterocycles. The molecule has 2 rings (SSSR count). The summed E-state index contributed by atoms with van der Waals surface area (Å²) >= 11 is 0. The molecule has 28 heavy (non-hydrogen) atoms. The van der Waals surface area contributed by atoms with Gasteiger partial charge < -0.3 is 14.8 Å². The highest BCUT2D eigenvalue weighted by molar-refractivity contribution is 6.01. The van der Waals surface area contributed by atoms with Crippen LogP contribution in [0.25, 0.3) is 6.08 Å². The van der Waals surface area contributed by atoms with Crippen molar-refractivity contribution in [3.05, 3.63) is 65.2 Å². The van der Waals surface area contributed by atoms with E-state index < -0.39 is 18.0 Å². The summed E-state index contributed by atoms with van der Waals surface area (Å²) in [5.41, 5.74) is 1.16. The third-order valence-corrected chi connectivity index (χ3v) is 3.68. The second-order valence-corrected chi connectivity index (χ2v) is 5.67. The summed E-state index contributed by atoms with van der Waals surface area (Å²) in [5.74, 6) is -0.846. The molecule has 1 amide bonds. The molecule has 0 fully saturated rings. The summed E-state index contributed by atoms with van der Waals surface area (Å²) in [6.45, 7) is 1.39. The van der Waals surface area contributed by atoms with Crippen molar-refractivity contribution in [3.63, 3.8) is 0 Å². The van der Waals surface area contributed by atoms with Crippen molar-refractivity contribution in [2.75, 3.05) is 12.4 Å². The number of amides is 1. The number of nitrogens with zero attached hydrogens (tertiary/aromatic N) is 2. The van der Waals surface area contributed by atoms with Crippen LogP contribution >= 0.6 is 0 Å². The van der Waals surface area contributed by atoms with E-state index in [-0.39, 0.29) is 5.57 Å². The van der Waals surface area contributed by atoms with Gasteiger partial charge in [0, 0.05) is 5.69 Å². The maximum absolute atomic E-state index is 12.2. The Morgan fingerprint density at radius 1 is 1.14 bits per heavy atom. The number of carbonyl (C=O) groups excluding carboxylic acids is 2. The second-order valence-electron chi connectivity index (χ2n) is 5.67. The molecule has 7 heteroatoms. The van der Waals surface area contributed by atoms with Gasteiger partial charge in [-0.25, -0.2) is 4.79 Å². The van der Waals surface area contributed by atoms with Crippen LogP contribution in [0.1, 0.15) is 18.1 Å². The second kappa shape index (κ2) is 9.56. The summed E-state index contributed by atoms with van der Waals surface area (Å²) in [5, 5.41) is 20.7. The fourth-order valence-corrected chi connectivity index (χ4v) is 2.19. The maximum atomic E-state index is 12.2. The molecular weight excluding hydrogens is 358 g/mol. The number of esters is 1. The average molecular weight is 375 g/mol. The number of hydrogen-bond acceptors (Lipinski definition) is 6. The van der Waals surface area contributed by atoms with Crippen molar-refractivity contribution in [2.45, 2.75) is 13.0 Å². The minimum Gasteiger partial charge on any atom is -0.497 e. The predicted molar refractivity (Wildman–Crippen MR) is 102 cm³/mol. The zero-order valence-corrected chi connectivity index (χ0v) is 15.3. The SMILES string of the molecule is COc1ccc(/C=C(\C#N)C(=O)O[C@@H](C)C(=O)Nc2cccc(C#N)c2)cc1. The van der Waals surface area contributed by atoms with Gasteiger partial charge in [0.1, 0.15) is 17.4 Å². The number of benzene rings is 2. The Bertz CT molecular complexity index is 982. The van der Waals surface area contributed by atoms with Gasteiger partial charge in [-0.3, -0.25) is 4.79 Å². The van der Waals surface area contributed by atoms with Gasteiger partial charge in [0.2, 0.25) is 0 Å². The molecule has 2 aromatic carbocycles. The summed E-state index contributed by atoms with van der Waals surface area (Å²) in [7, 11) is 1.53. The molecule has 140 valence electrons. The largest absolute Gasteiger partial charge is 0.497 e. The van der Waals surface area contributed by atoms with Crippen LogP contribution in [-0.2, 0) is 14.3 Å². The van der Waals surface area contributed by atoms with Crippen molar-refractivity contribution < 1.29 is 19.1 Å². The van der Waals surface area contributed by atoms with E-state index in [2.05, 4.69) is 5.32 Å². The number of nitriles is 2. The molecule has 0 aliphatic rings. The first kappa shape index (κ1) is 20.2. The van der Waals surface area contributed by atoms with Crippen LogP contribution in [0.3, 0.4) is 0 Å². The number of carbonyl (C=O) groups is 2. The molecule has 2 aromatic rings. The Morgan fingerprint density at radius 2 is 1.86 bits per heavy atom. The molecular formula is C21H17N3O4. The van der Waals surface area contributed by atoms with Gasteiger partial charge >= 0.3 is 5.97 Å². The van der Waals surface area contributed by atoms with Gasteiger partial charge in [0.25, 0.3) is 5.91 Å². The number of anilines is 1. The summed E-state index contributed by atoms with van der Waals surface area (Å²) in [4.78, 5) is 24.4. The first-order valence-electron chi connectivity index (χ1n) is 8.24. The van der Waals surface area contributed by atoms with Gasteiger partial charge in [-0.15, -0.1) is 0 Å². The summed E-state index contributed by atoms with van der Waals surface area (Å²) in [6, 6.07) is 16.8. The summed E-state index contributed by atoms with van der Waals surface area (Å²) in [6.07, 6.45) is 0.230. The maximum Gasteiger partial charge on any atom is 0.349 e. The molecule has 0 spiro atoms. The zero-order chi connectivity index (χ0) is 20.5. The van der Waals surface area contributed by atoms with E-state index in [0.717, 1.165) is 0 Å². The zero-order valence-electron chi connectivity index (χ0n) is 15.3. The van der Waals surface area contributed by atoms with E-state index in [0.29, 0.717) is 22.6 Å². The topological polar surface area (TPSA) is 112 Å². The molecule has 0 aliphatic carbocycles. The standard InChI is InChI=1S/C21H17N3O4/c1-14(20(25)24-18-5-3-4-16(11-18)12-22)28-21(26)17(13-23)10-15-6-8-19(27-2)9-7-15/h3-11,14H,1-2H3,(H,24,25)/b17-10+/t14-/m0/s1. The van der Waals surface area contributed by atoms with Crippen LogP contribution in [0.4, 0.5) is 5.69 Å². The van der Waals surface area contributed by atoms with Crippen molar-refractivity contribution >= 4 is 23.6 Å². The normalized spacial score (nSPS) is 11.5. The number of nitrogens with one attached hydrogen (secondary N) is 1. The lowest BCUT2D eigenvalue weighted by molar-refractivity contribution is -0.148. The lowest BCUT2D eigenvalue weighted by Gasteiger charge is -2.13. The first-order valence-corrected chi connectivity index (χ1v) is 8.24. The Kier molecular flexibility index (Phi) is 6.90. The van der Waals surface area contributed by atoms with Crippen molar-refractivity contribution in [3.8, 4) is 17.9 Å². The van der Waals surface area contributed by atoms with E-state index >= 15 is 0 Å². The third kappa shape index (κ3) is 5.45. The van der Waals surface area contributed by atoms with E-state index in [4.69, 9.17) is 14.7 Å². The van der Waals surface area contributed by atoms with E-state index in [1.54, 1.807) is 48.5 Å². The molecule has 1 N–H and O–H groups in total. The minimum atomic E-state index is -1.13. The average Bonchev–Trinajstić information content (AvgIpc) is 2.72. The quantitative estimate of drug-likeness (QED) is 0.472. The smallest absolute Gasteiger partial charge is 0.349 e. The number of methoxy groups -OCH3 is 1. The van der Waals surface area contributed by atoms with Crippen LogP contribution in [0, 0.1) is 22.7 Å². The van der Waals surface area contributed by atoms with E-state index in [1.165, 1.54) is 26.2 Å². The van der Waals surface area contributed by atoms with Crippen molar-refractivity contribution in [1.29, 1.82) is 10.5 Å².